The predicted octanol–water partition coefficient (Wildman–Crippen LogP) is 5.12. The van der Waals surface area contributed by atoms with Crippen LogP contribution in [0.5, 0.6) is 11.8 Å². The minimum atomic E-state index is 0.434. The maximum atomic E-state index is 9.66. The molecule has 3 heterocycles. The molecule has 158 valence electrons. The number of benzene rings is 2. The van der Waals surface area contributed by atoms with Gasteiger partial charge in [-0.05, 0) is 54.8 Å². The Bertz CT molecular complexity index is 1390. The molecule has 4 aromatic rings. The van der Waals surface area contributed by atoms with Gasteiger partial charge in [0, 0.05) is 22.9 Å². The summed E-state index contributed by atoms with van der Waals surface area (Å²) in [4.78, 5) is 9.09. The van der Waals surface area contributed by atoms with Gasteiger partial charge in [-0.25, -0.2) is 4.98 Å². The molecule has 0 radical (unpaired) electrons. The first-order chi connectivity index (χ1) is 15.7. The summed E-state index contributed by atoms with van der Waals surface area (Å²) in [5.41, 5.74) is 7.27. The van der Waals surface area contributed by atoms with Crippen molar-refractivity contribution in [3.05, 3.63) is 88.6 Å². The van der Waals surface area contributed by atoms with Crippen molar-refractivity contribution in [2.45, 2.75) is 27.0 Å². The van der Waals surface area contributed by atoms with E-state index in [-0.39, 0.29) is 0 Å². The molecule has 0 unspecified atom stereocenters. The van der Waals surface area contributed by atoms with E-state index in [1.165, 1.54) is 0 Å². The van der Waals surface area contributed by atoms with Gasteiger partial charge < -0.3 is 9.47 Å². The van der Waals surface area contributed by atoms with Crippen molar-refractivity contribution in [2.75, 3.05) is 6.61 Å². The van der Waals surface area contributed by atoms with Crippen molar-refractivity contribution in [3.8, 4) is 17.8 Å². The molecule has 2 aromatic carbocycles. The number of nitrogens with zero attached hydrogens (tertiary/aromatic N) is 4. The molecule has 5 rings (SSSR count). The number of hydrogen-bond donors (Lipinski definition) is 0. The van der Waals surface area contributed by atoms with Gasteiger partial charge in [-0.15, -0.1) is 0 Å². The summed E-state index contributed by atoms with van der Waals surface area (Å²) in [6.45, 7) is 5.33. The molecule has 0 N–H and O–H groups in total. The highest BCUT2D eigenvalue weighted by atomic mass is 16.5. The first-order valence-corrected chi connectivity index (χ1v) is 10.6. The van der Waals surface area contributed by atoms with Crippen molar-refractivity contribution in [2.24, 2.45) is 0 Å². The van der Waals surface area contributed by atoms with E-state index < -0.39 is 0 Å². The van der Waals surface area contributed by atoms with Crippen molar-refractivity contribution < 1.29 is 9.47 Å². The fraction of sp³-hybridized carbons (Fsp3) is 0.192. The molecule has 0 saturated heterocycles. The topological polar surface area (TPSA) is 73.0 Å². The van der Waals surface area contributed by atoms with Crippen molar-refractivity contribution in [1.82, 2.24) is 14.5 Å². The number of para-hydroxylation sites is 1. The standard InChI is InChI=1S/C26H22N4O2/c1-3-31-26-29-22-8-6-12-28-25(22)30(26)15-18-10-11-20-19(13-18)16-32-23-9-5-4-7-21(23)24(20)17(2)14-27/h4-13H,3,15-16H2,1-2H3/b24-17-. The van der Waals surface area contributed by atoms with Gasteiger partial charge in [-0.1, -0.05) is 30.3 Å². The Balaban J connectivity index is 1.60. The normalized spacial score (nSPS) is 14.0. The number of allylic oxidation sites excluding steroid dienone is 1. The molecule has 0 spiro atoms. The number of aromatic nitrogens is 3. The third-order valence-electron chi connectivity index (χ3n) is 5.60. The molecule has 0 aliphatic carbocycles. The summed E-state index contributed by atoms with van der Waals surface area (Å²) in [7, 11) is 0. The predicted molar refractivity (Wildman–Crippen MR) is 122 cm³/mol. The van der Waals surface area contributed by atoms with Crippen LogP contribution < -0.4 is 9.47 Å². The van der Waals surface area contributed by atoms with Gasteiger partial charge in [0.05, 0.1) is 19.2 Å². The lowest BCUT2D eigenvalue weighted by atomic mass is 9.90. The molecule has 0 saturated carbocycles. The monoisotopic (exact) mass is 422 g/mol. The first kappa shape index (κ1) is 19.8. The molecular weight excluding hydrogens is 400 g/mol. The highest BCUT2D eigenvalue weighted by molar-refractivity contribution is 5.88. The smallest absolute Gasteiger partial charge is 0.298 e. The summed E-state index contributed by atoms with van der Waals surface area (Å²) in [5.74, 6) is 0.790. The molecule has 1 aliphatic rings. The lowest BCUT2D eigenvalue weighted by Gasteiger charge is -2.13. The Labute approximate surface area is 186 Å². The van der Waals surface area contributed by atoms with E-state index in [1.54, 1.807) is 6.20 Å². The van der Waals surface area contributed by atoms with Gasteiger partial charge in [-0.2, -0.15) is 10.2 Å². The van der Waals surface area contributed by atoms with Crippen LogP contribution in [0.15, 0.2) is 66.4 Å². The highest BCUT2D eigenvalue weighted by Gasteiger charge is 2.22. The number of hydrogen-bond acceptors (Lipinski definition) is 5. The molecule has 0 atom stereocenters. The molecular formula is C26H22N4O2. The van der Waals surface area contributed by atoms with Crippen LogP contribution in [0.25, 0.3) is 16.7 Å². The average Bonchev–Trinajstić information content (AvgIpc) is 3.07. The van der Waals surface area contributed by atoms with E-state index in [2.05, 4.69) is 34.2 Å². The van der Waals surface area contributed by atoms with Crippen molar-refractivity contribution in [1.29, 1.82) is 5.26 Å². The van der Waals surface area contributed by atoms with Gasteiger partial charge in [0.1, 0.15) is 17.9 Å². The average molecular weight is 422 g/mol. The third kappa shape index (κ3) is 3.38. The second kappa shape index (κ2) is 8.20. The van der Waals surface area contributed by atoms with Gasteiger partial charge in [-0.3, -0.25) is 4.57 Å². The summed E-state index contributed by atoms with van der Waals surface area (Å²) in [6, 6.07) is 20.9. The van der Waals surface area contributed by atoms with Crippen LogP contribution in [0.4, 0.5) is 0 Å². The summed E-state index contributed by atoms with van der Waals surface area (Å²) < 4.78 is 13.9. The zero-order valence-corrected chi connectivity index (χ0v) is 18.0. The van der Waals surface area contributed by atoms with E-state index in [4.69, 9.17) is 9.47 Å². The van der Waals surface area contributed by atoms with Crippen LogP contribution in [0, 0.1) is 11.3 Å². The van der Waals surface area contributed by atoms with E-state index >= 15 is 0 Å². The van der Waals surface area contributed by atoms with Crippen LogP contribution in [-0.4, -0.2) is 21.1 Å². The Morgan fingerprint density at radius 2 is 2.03 bits per heavy atom. The second-order valence-corrected chi connectivity index (χ2v) is 7.65. The lowest BCUT2D eigenvalue weighted by Crippen LogP contribution is -2.07. The SMILES string of the molecule is CCOc1nc2cccnc2n1Cc1ccc2c(c1)COc1ccccc1/C2=C(/C)C#N. The molecule has 32 heavy (non-hydrogen) atoms. The lowest BCUT2D eigenvalue weighted by molar-refractivity contribution is 0.300. The van der Waals surface area contributed by atoms with Crippen LogP contribution >= 0.6 is 0 Å². The summed E-state index contributed by atoms with van der Waals surface area (Å²) >= 11 is 0. The zero-order valence-electron chi connectivity index (χ0n) is 18.0. The van der Waals surface area contributed by atoms with E-state index in [0.717, 1.165) is 44.7 Å². The number of pyridine rings is 1. The second-order valence-electron chi connectivity index (χ2n) is 7.65. The Hall–Kier alpha value is -4.11. The minimum Gasteiger partial charge on any atom is -0.488 e. The zero-order chi connectivity index (χ0) is 22.1. The first-order valence-electron chi connectivity index (χ1n) is 10.6. The Morgan fingerprint density at radius 1 is 1.16 bits per heavy atom. The van der Waals surface area contributed by atoms with Gasteiger partial charge in [0.2, 0.25) is 0 Å². The van der Waals surface area contributed by atoms with Crippen molar-refractivity contribution in [3.63, 3.8) is 0 Å². The number of imidazole rings is 1. The highest BCUT2D eigenvalue weighted by Crippen LogP contribution is 2.38. The quantitative estimate of drug-likeness (QED) is 0.427. The number of ether oxygens (including phenoxy) is 2. The third-order valence-corrected chi connectivity index (χ3v) is 5.60. The molecule has 6 heteroatoms. The fourth-order valence-electron chi connectivity index (χ4n) is 4.17. The van der Waals surface area contributed by atoms with E-state index in [1.807, 2.05) is 54.8 Å². The summed E-state index contributed by atoms with van der Waals surface area (Å²) in [6.07, 6.45) is 1.76. The molecule has 0 amide bonds. The minimum absolute atomic E-state index is 0.434. The Morgan fingerprint density at radius 3 is 2.88 bits per heavy atom. The number of nitriles is 1. The van der Waals surface area contributed by atoms with Gasteiger partial charge in [0.15, 0.2) is 5.65 Å². The number of fused-ring (bicyclic) bond motifs is 3. The maximum Gasteiger partial charge on any atom is 0.298 e. The summed E-state index contributed by atoms with van der Waals surface area (Å²) in [5, 5.41) is 9.66. The van der Waals surface area contributed by atoms with Gasteiger partial charge >= 0.3 is 0 Å². The largest absolute Gasteiger partial charge is 0.488 e. The Kier molecular flexibility index (Phi) is 5.08. The van der Waals surface area contributed by atoms with E-state index in [0.29, 0.717) is 31.3 Å². The van der Waals surface area contributed by atoms with Crippen LogP contribution in [0.3, 0.4) is 0 Å². The van der Waals surface area contributed by atoms with E-state index in [9.17, 15) is 5.26 Å². The fourth-order valence-corrected chi connectivity index (χ4v) is 4.17. The molecule has 6 nitrogen and oxygen atoms in total. The van der Waals surface area contributed by atoms with Gasteiger partial charge in [0.25, 0.3) is 6.01 Å². The van der Waals surface area contributed by atoms with Crippen LogP contribution in [0.1, 0.15) is 36.1 Å². The van der Waals surface area contributed by atoms with Crippen LogP contribution in [0.2, 0.25) is 0 Å². The number of rotatable bonds is 4. The van der Waals surface area contributed by atoms with Crippen molar-refractivity contribution >= 4 is 16.7 Å². The molecule has 0 bridgehead atoms. The molecule has 2 aromatic heterocycles. The molecule has 1 aliphatic heterocycles. The maximum absolute atomic E-state index is 9.66. The van der Waals surface area contributed by atoms with Crippen LogP contribution in [-0.2, 0) is 13.2 Å². The molecule has 0 fully saturated rings.